The van der Waals surface area contributed by atoms with Gasteiger partial charge in [0.2, 0.25) is 11.8 Å². The number of nitrogens with zero attached hydrogens (tertiary/aromatic N) is 2. The van der Waals surface area contributed by atoms with Crippen LogP contribution in [0.15, 0.2) is 41.0 Å². The van der Waals surface area contributed by atoms with Gasteiger partial charge in [0.1, 0.15) is 11.7 Å². The molecule has 0 spiro atoms. The summed E-state index contributed by atoms with van der Waals surface area (Å²) < 4.78 is 5.25. The molecule has 6 heteroatoms. The van der Waals surface area contributed by atoms with E-state index in [4.69, 9.17) is 16.0 Å². The highest BCUT2D eigenvalue weighted by atomic mass is 35.5. The highest BCUT2D eigenvalue weighted by molar-refractivity contribution is 6.34. The van der Waals surface area contributed by atoms with E-state index in [1.807, 2.05) is 25.1 Å². The largest absolute Gasteiger partial charge is 0.467 e. The zero-order valence-corrected chi connectivity index (χ0v) is 14.4. The van der Waals surface area contributed by atoms with Crippen molar-refractivity contribution in [3.63, 3.8) is 0 Å². The van der Waals surface area contributed by atoms with Crippen molar-refractivity contribution in [2.75, 3.05) is 18.5 Å². The molecule has 0 saturated carbocycles. The molecule has 5 nitrogen and oxygen atoms in total. The Hall–Kier alpha value is -2.27. The van der Waals surface area contributed by atoms with Crippen LogP contribution < -0.4 is 4.90 Å². The van der Waals surface area contributed by atoms with Crippen molar-refractivity contribution in [2.45, 2.75) is 19.9 Å². The number of anilines is 1. The lowest BCUT2D eigenvalue weighted by atomic mass is 10.1. The summed E-state index contributed by atoms with van der Waals surface area (Å²) in [6, 6.07) is 9.14. The molecule has 0 N–H and O–H groups in total. The van der Waals surface area contributed by atoms with Crippen LogP contribution in [0, 0.1) is 12.8 Å². The monoisotopic (exact) mass is 346 g/mol. The quantitative estimate of drug-likeness (QED) is 0.798. The lowest BCUT2D eigenvalue weighted by Gasteiger charge is -2.21. The minimum absolute atomic E-state index is 0.192. The lowest BCUT2D eigenvalue weighted by molar-refractivity contribution is -0.139. The molecule has 24 heavy (non-hydrogen) atoms. The summed E-state index contributed by atoms with van der Waals surface area (Å²) in [5.41, 5.74) is 1.69. The first-order valence-electron chi connectivity index (χ1n) is 7.82. The van der Waals surface area contributed by atoms with E-state index < -0.39 is 5.92 Å². The summed E-state index contributed by atoms with van der Waals surface area (Å²) in [6.45, 7) is 2.78. The molecule has 1 atom stereocenters. The Labute approximate surface area is 145 Å². The number of carbonyl (C=O) groups excluding carboxylic acids is 2. The molecule has 1 aromatic heterocycles. The predicted molar refractivity (Wildman–Crippen MR) is 91.8 cm³/mol. The molecule has 1 aliphatic heterocycles. The number of furan rings is 1. The first-order valence-corrected chi connectivity index (χ1v) is 8.20. The van der Waals surface area contributed by atoms with Gasteiger partial charge < -0.3 is 14.2 Å². The first kappa shape index (κ1) is 16.6. The van der Waals surface area contributed by atoms with E-state index in [1.54, 1.807) is 30.3 Å². The number of benzene rings is 1. The molecule has 1 saturated heterocycles. The highest BCUT2D eigenvalue weighted by Crippen LogP contribution is 2.32. The van der Waals surface area contributed by atoms with Crippen LogP contribution in [0.1, 0.15) is 17.7 Å². The van der Waals surface area contributed by atoms with E-state index in [-0.39, 0.29) is 11.8 Å². The molecule has 1 fully saturated rings. The average Bonchev–Trinajstić information content (AvgIpc) is 3.17. The van der Waals surface area contributed by atoms with Crippen LogP contribution in [0.4, 0.5) is 5.69 Å². The van der Waals surface area contributed by atoms with Gasteiger partial charge in [-0.15, -0.1) is 0 Å². The van der Waals surface area contributed by atoms with Crippen molar-refractivity contribution in [3.8, 4) is 0 Å². The van der Waals surface area contributed by atoms with Gasteiger partial charge in [-0.1, -0.05) is 17.7 Å². The van der Waals surface area contributed by atoms with Crippen LogP contribution in [0.25, 0.3) is 0 Å². The van der Waals surface area contributed by atoms with Crippen LogP contribution in [-0.4, -0.2) is 30.3 Å². The Morgan fingerprint density at radius 2 is 2.21 bits per heavy atom. The van der Waals surface area contributed by atoms with Gasteiger partial charge in [-0.05, 0) is 43.2 Å². The average molecular weight is 347 g/mol. The van der Waals surface area contributed by atoms with Crippen molar-refractivity contribution in [3.05, 3.63) is 52.9 Å². The minimum Gasteiger partial charge on any atom is -0.467 e. The third-order valence-corrected chi connectivity index (χ3v) is 4.55. The molecule has 0 radical (unpaired) electrons. The van der Waals surface area contributed by atoms with Gasteiger partial charge in [0, 0.05) is 13.6 Å². The Kier molecular flexibility index (Phi) is 4.62. The summed E-state index contributed by atoms with van der Waals surface area (Å²) in [7, 11) is 1.68. The van der Waals surface area contributed by atoms with E-state index in [2.05, 4.69) is 0 Å². The third-order valence-electron chi connectivity index (χ3n) is 4.25. The van der Waals surface area contributed by atoms with Crippen molar-refractivity contribution in [2.24, 2.45) is 5.92 Å². The van der Waals surface area contributed by atoms with Crippen LogP contribution in [0.2, 0.25) is 5.02 Å². The first-order chi connectivity index (χ1) is 11.5. The normalized spacial score (nSPS) is 17.4. The summed E-state index contributed by atoms with van der Waals surface area (Å²) in [4.78, 5) is 28.4. The van der Waals surface area contributed by atoms with Gasteiger partial charge >= 0.3 is 0 Å². The Bertz CT molecular complexity index is 758. The summed E-state index contributed by atoms with van der Waals surface area (Å²) >= 11 is 6.26. The van der Waals surface area contributed by atoms with E-state index in [0.717, 1.165) is 5.56 Å². The van der Waals surface area contributed by atoms with Gasteiger partial charge in [-0.25, -0.2) is 0 Å². The topological polar surface area (TPSA) is 53.8 Å². The zero-order chi connectivity index (χ0) is 17.3. The number of amides is 2. The van der Waals surface area contributed by atoms with Gasteiger partial charge in [-0.2, -0.15) is 0 Å². The fourth-order valence-corrected chi connectivity index (χ4v) is 3.30. The van der Waals surface area contributed by atoms with E-state index >= 15 is 0 Å². The molecule has 2 aromatic rings. The Balaban J connectivity index is 1.72. The maximum Gasteiger partial charge on any atom is 0.239 e. The smallest absolute Gasteiger partial charge is 0.239 e. The van der Waals surface area contributed by atoms with Crippen molar-refractivity contribution < 1.29 is 14.0 Å². The number of hydrogen-bond acceptors (Lipinski definition) is 3. The van der Waals surface area contributed by atoms with Gasteiger partial charge in [-0.3, -0.25) is 9.59 Å². The van der Waals surface area contributed by atoms with E-state index in [0.29, 0.717) is 36.0 Å². The molecule has 126 valence electrons. The molecule has 1 unspecified atom stereocenters. The molecular weight excluding hydrogens is 328 g/mol. The Morgan fingerprint density at radius 3 is 2.88 bits per heavy atom. The summed E-state index contributed by atoms with van der Waals surface area (Å²) in [5.74, 6) is -0.365. The summed E-state index contributed by atoms with van der Waals surface area (Å²) in [5, 5.41) is 0.528. The van der Waals surface area contributed by atoms with Gasteiger partial charge in [0.15, 0.2) is 0 Å². The SMILES string of the molecule is Cc1ccc(N2CCC(C(=O)N(C)Cc3ccco3)C2=O)c(Cl)c1. The maximum atomic E-state index is 12.7. The highest BCUT2D eigenvalue weighted by Gasteiger charge is 2.39. The second-order valence-electron chi connectivity index (χ2n) is 6.06. The zero-order valence-electron chi connectivity index (χ0n) is 13.7. The molecule has 0 bridgehead atoms. The molecule has 1 aliphatic rings. The molecule has 3 rings (SSSR count). The maximum absolute atomic E-state index is 12.7. The molecule has 2 amide bonds. The Morgan fingerprint density at radius 1 is 1.42 bits per heavy atom. The van der Waals surface area contributed by atoms with Gasteiger partial charge in [0.05, 0.1) is 23.5 Å². The van der Waals surface area contributed by atoms with E-state index in [9.17, 15) is 9.59 Å². The van der Waals surface area contributed by atoms with Crippen LogP contribution >= 0.6 is 11.6 Å². The molecule has 1 aromatic carbocycles. The van der Waals surface area contributed by atoms with Crippen molar-refractivity contribution in [1.29, 1.82) is 0 Å². The number of hydrogen-bond donors (Lipinski definition) is 0. The number of halogens is 1. The fraction of sp³-hybridized carbons (Fsp3) is 0.333. The second kappa shape index (κ2) is 6.69. The number of aryl methyl sites for hydroxylation is 1. The lowest BCUT2D eigenvalue weighted by Crippen LogP contribution is -2.37. The number of carbonyl (C=O) groups is 2. The minimum atomic E-state index is -0.665. The predicted octanol–water partition coefficient (Wildman–Crippen LogP) is 3.25. The van der Waals surface area contributed by atoms with Crippen LogP contribution in [0.3, 0.4) is 0 Å². The standard InChI is InChI=1S/C18H19ClN2O3/c1-12-5-6-16(15(19)10-12)21-8-7-14(18(21)23)17(22)20(2)11-13-4-3-9-24-13/h3-6,9-10,14H,7-8,11H2,1-2H3. The molecule has 0 aliphatic carbocycles. The molecular formula is C18H19ClN2O3. The summed E-state index contributed by atoms with van der Waals surface area (Å²) in [6.07, 6.45) is 2.06. The fourth-order valence-electron chi connectivity index (χ4n) is 2.96. The molecule has 2 heterocycles. The van der Waals surface area contributed by atoms with Crippen molar-refractivity contribution in [1.82, 2.24) is 4.90 Å². The van der Waals surface area contributed by atoms with Crippen LogP contribution in [-0.2, 0) is 16.1 Å². The van der Waals surface area contributed by atoms with Crippen LogP contribution in [0.5, 0.6) is 0 Å². The number of rotatable bonds is 4. The third kappa shape index (κ3) is 3.17. The van der Waals surface area contributed by atoms with Crippen molar-refractivity contribution >= 4 is 29.1 Å². The van der Waals surface area contributed by atoms with Gasteiger partial charge in [0.25, 0.3) is 0 Å². The van der Waals surface area contributed by atoms with E-state index in [1.165, 1.54) is 4.90 Å². The second-order valence-corrected chi connectivity index (χ2v) is 6.47.